The molecule has 0 aromatic rings. The quantitative estimate of drug-likeness (QED) is 0.620. The maximum absolute atomic E-state index is 11.9. The normalized spacial score (nSPS) is 21.6. The molecule has 0 aromatic carbocycles. The molecule has 0 bridgehead atoms. The van der Waals surface area contributed by atoms with Gasteiger partial charge in [-0.15, -0.1) is 0 Å². The molecule has 1 aliphatic heterocycles. The van der Waals surface area contributed by atoms with E-state index in [1.54, 1.807) is 25.2 Å². The van der Waals surface area contributed by atoms with Crippen molar-refractivity contribution in [2.75, 3.05) is 13.2 Å². The molecule has 0 unspecified atom stereocenters. The van der Waals surface area contributed by atoms with Crippen LogP contribution in [-0.2, 0) is 19.6 Å². The topological polar surface area (TPSA) is 84.8 Å². The van der Waals surface area contributed by atoms with Crippen molar-refractivity contribution < 1.29 is 17.9 Å². The summed E-state index contributed by atoms with van der Waals surface area (Å²) >= 11 is 0. The summed E-state index contributed by atoms with van der Waals surface area (Å²) in [5.41, 5.74) is 0.556. The summed E-state index contributed by atoms with van der Waals surface area (Å²) in [7, 11) is -3.52. The minimum Gasteiger partial charge on any atom is -0.464 e. The third kappa shape index (κ3) is 3.16. The highest BCUT2D eigenvalue weighted by Crippen LogP contribution is 2.24. The van der Waals surface area contributed by atoms with Crippen LogP contribution < -0.4 is 4.72 Å². The van der Waals surface area contributed by atoms with Crippen LogP contribution in [0.15, 0.2) is 39.8 Å². The van der Waals surface area contributed by atoms with Crippen molar-refractivity contribution in [1.29, 1.82) is 0 Å². The maximum atomic E-state index is 11.9. The fraction of sp³-hybridized carbons (Fsp3) is 0.385. The zero-order valence-electron chi connectivity index (χ0n) is 11.1. The van der Waals surface area contributed by atoms with Crippen LogP contribution in [0.2, 0.25) is 0 Å². The third-order valence-electron chi connectivity index (χ3n) is 2.78. The van der Waals surface area contributed by atoms with E-state index in [0.717, 1.165) is 0 Å². The molecule has 2 aliphatic rings. The molecule has 0 aromatic heterocycles. The minimum absolute atomic E-state index is 0.139. The van der Waals surface area contributed by atoms with Crippen molar-refractivity contribution in [1.82, 2.24) is 4.72 Å². The van der Waals surface area contributed by atoms with Crippen LogP contribution in [0.5, 0.6) is 0 Å². The SMILES string of the molecule is CCC(=O)OCCN=C1NS(=O)(=O)C2=C1C=CCC=C2. The van der Waals surface area contributed by atoms with Gasteiger partial charge < -0.3 is 4.74 Å². The van der Waals surface area contributed by atoms with Crippen LogP contribution in [-0.4, -0.2) is 33.4 Å². The van der Waals surface area contributed by atoms with Crippen molar-refractivity contribution in [3.05, 3.63) is 34.8 Å². The summed E-state index contributed by atoms with van der Waals surface area (Å²) < 4.78 is 31.2. The molecule has 0 atom stereocenters. The zero-order chi connectivity index (χ0) is 14.6. The molecule has 1 aliphatic carbocycles. The lowest BCUT2D eigenvalue weighted by atomic mass is 10.2. The summed E-state index contributed by atoms with van der Waals surface area (Å²) in [4.78, 5) is 15.4. The Labute approximate surface area is 118 Å². The first-order valence-electron chi connectivity index (χ1n) is 6.35. The number of aliphatic imine (C=N–C) groups is 1. The van der Waals surface area contributed by atoms with Gasteiger partial charge in [0.1, 0.15) is 12.4 Å². The number of rotatable bonds is 4. The van der Waals surface area contributed by atoms with Gasteiger partial charge in [-0.1, -0.05) is 25.2 Å². The van der Waals surface area contributed by atoms with Gasteiger partial charge in [-0.25, -0.2) is 8.42 Å². The molecule has 1 heterocycles. The second kappa shape index (κ2) is 6.04. The maximum Gasteiger partial charge on any atom is 0.305 e. The predicted molar refractivity (Wildman–Crippen MR) is 75.5 cm³/mol. The first-order valence-corrected chi connectivity index (χ1v) is 7.83. The first kappa shape index (κ1) is 14.5. The summed E-state index contributed by atoms with van der Waals surface area (Å²) in [6.07, 6.45) is 7.97. The molecule has 0 saturated heterocycles. The van der Waals surface area contributed by atoms with Crippen LogP contribution in [0.1, 0.15) is 19.8 Å². The number of allylic oxidation sites excluding steroid dienone is 3. The van der Waals surface area contributed by atoms with Crippen LogP contribution in [0.3, 0.4) is 0 Å². The van der Waals surface area contributed by atoms with E-state index in [1.165, 1.54) is 0 Å². The Kier molecular flexibility index (Phi) is 4.39. The van der Waals surface area contributed by atoms with Crippen molar-refractivity contribution in [2.45, 2.75) is 19.8 Å². The number of carbonyl (C=O) groups is 1. The Bertz CT molecular complexity index is 627. The van der Waals surface area contributed by atoms with Gasteiger partial charge >= 0.3 is 5.97 Å². The third-order valence-corrected chi connectivity index (χ3v) is 4.18. The zero-order valence-corrected chi connectivity index (χ0v) is 11.9. The fourth-order valence-electron chi connectivity index (χ4n) is 1.82. The molecule has 2 rings (SSSR count). The number of nitrogens with zero attached hydrogens (tertiary/aromatic N) is 1. The molecule has 0 radical (unpaired) electrons. The largest absolute Gasteiger partial charge is 0.464 e. The second-order valence-electron chi connectivity index (χ2n) is 4.23. The lowest BCUT2D eigenvalue weighted by Crippen LogP contribution is -2.24. The molecule has 0 spiro atoms. The molecular weight excluding hydrogens is 280 g/mol. The van der Waals surface area contributed by atoms with Crippen LogP contribution in [0.4, 0.5) is 0 Å². The average molecular weight is 296 g/mol. The predicted octanol–water partition coefficient (Wildman–Crippen LogP) is 1.04. The number of amidine groups is 1. The standard InChI is InChI=1S/C13H16N2O4S/c1-2-12(16)19-9-8-14-13-10-6-4-3-5-7-11(10)20(17,18)15-13/h4-7H,2-3,8-9H2,1H3,(H,14,15). The molecule has 7 heteroatoms. The van der Waals surface area contributed by atoms with Crippen molar-refractivity contribution in [3.8, 4) is 0 Å². The van der Waals surface area contributed by atoms with E-state index in [4.69, 9.17) is 4.74 Å². The van der Waals surface area contributed by atoms with Gasteiger partial charge in [-0.05, 0) is 12.5 Å². The smallest absolute Gasteiger partial charge is 0.305 e. The number of hydrogen-bond donors (Lipinski definition) is 1. The number of ether oxygens (including phenoxy) is 1. The monoisotopic (exact) mass is 296 g/mol. The fourth-order valence-corrected chi connectivity index (χ4v) is 3.08. The van der Waals surface area contributed by atoms with Gasteiger partial charge in [0.15, 0.2) is 0 Å². The molecule has 0 amide bonds. The lowest BCUT2D eigenvalue weighted by molar-refractivity contribution is -0.142. The van der Waals surface area contributed by atoms with E-state index in [1.807, 2.05) is 6.08 Å². The van der Waals surface area contributed by atoms with E-state index < -0.39 is 10.0 Å². The van der Waals surface area contributed by atoms with E-state index in [9.17, 15) is 13.2 Å². The van der Waals surface area contributed by atoms with E-state index in [-0.39, 0.29) is 24.0 Å². The van der Waals surface area contributed by atoms with Gasteiger partial charge in [0, 0.05) is 12.0 Å². The highest BCUT2D eigenvalue weighted by molar-refractivity contribution is 7.94. The lowest BCUT2D eigenvalue weighted by Gasteiger charge is -2.02. The number of hydrogen-bond acceptors (Lipinski definition) is 5. The molecule has 0 saturated carbocycles. The Hall–Kier alpha value is -1.89. The summed E-state index contributed by atoms with van der Waals surface area (Å²) in [6.45, 7) is 2.07. The molecule has 20 heavy (non-hydrogen) atoms. The van der Waals surface area contributed by atoms with Gasteiger partial charge in [0.2, 0.25) is 0 Å². The molecule has 1 N–H and O–H groups in total. The van der Waals surface area contributed by atoms with Gasteiger partial charge in [0.25, 0.3) is 10.0 Å². The Balaban J connectivity index is 2.12. The second-order valence-corrected chi connectivity index (χ2v) is 5.88. The average Bonchev–Trinajstić information content (AvgIpc) is 2.62. The van der Waals surface area contributed by atoms with Crippen molar-refractivity contribution in [3.63, 3.8) is 0 Å². The van der Waals surface area contributed by atoms with E-state index >= 15 is 0 Å². The molecule has 0 fully saturated rings. The van der Waals surface area contributed by atoms with E-state index in [0.29, 0.717) is 24.3 Å². The summed E-state index contributed by atoms with van der Waals surface area (Å²) in [5.74, 6) is 0.00440. The minimum atomic E-state index is -3.52. The highest BCUT2D eigenvalue weighted by atomic mass is 32.2. The van der Waals surface area contributed by atoms with Crippen LogP contribution in [0.25, 0.3) is 0 Å². The molecular formula is C13H16N2O4S. The van der Waals surface area contributed by atoms with Gasteiger partial charge in [-0.3, -0.25) is 14.5 Å². The Morgan fingerprint density at radius 1 is 1.40 bits per heavy atom. The summed E-state index contributed by atoms with van der Waals surface area (Å²) in [6, 6.07) is 0. The number of nitrogens with one attached hydrogen (secondary N) is 1. The van der Waals surface area contributed by atoms with Crippen molar-refractivity contribution in [2.24, 2.45) is 4.99 Å². The Morgan fingerprint density at radius 3 is 2.90 bits per heavy atom. The number of carbonyl (C=O) groups excluding carboxylic acids is 1. The van der Waals surface area contributed by atoms with Crippen LogP contribution >= 0.6 is 0 Å². The highest BCUT2D eigenvalue weighted by Gasteiger charge is 2.31. The number of esters is 1. The van der Waals surface area contributed by atoms with Gasteiger partial charge in [0.05, 0.1) is 11.4 Å². The van der Waals surface area contributed by atoms with Crippen LogP contribution in [0, 0.1) is 0 Å². The van der Waals surface area contributed by atoms with E-state index in [2.05, 4.69) is 9.71 Å². The molecule has 6 nitrogen and oxygen atoms in total. The van der Waals surface area contributed by atoms with Gasteiger partial charge in [-0.2, -0.15) is 0 Å². The van der Waals surface area contributed by atoms with Crippen molar-refractivity contribution >= 4 is 21.8 Å². The Morgan fingerprint density at radius 2 is 2.15 bits per heavy atom. The summed E-state index contributed by atoms with van der Waals surface area (Å²) in [5, 5.41) is 0. The number of sulfonamides is 1. The first-order chi connectivity index (χ1) is 9.54. The molecule has 108 valence electrons.